The van der Waals surface area contributed by atoms with E-state index < -0.39 is 40.8 Å². The van der Waals surface area contributed by atoms with E-state index in [-0.39, 0.29) is 23.4 Å². The van der Waals surface area contributed by atoms with Crippen molar-refractivity contribution in [1.29, 1.82) is 0 Å². The van der Waals surface area contributed by atoms with Gasteiger partial charge in [-0.25, -0.2) is 0 Å². The minimum Gasteiger partial charge on any atom is -0.507 e. The Labute approximate surface area is 164 Å². The summed E-state index contributed by atoms with van der Waals surface area (Å²) in [6.45, 7) is -0.293. The van der Waals surface area contributed by atoms with Gasteiger partial charge in [0.05, 0.1) is 23.0 Å². The highest BCUT2D eigenvalue weighted by atomic mass is 16.6. The molecule has 1 unspecified atom stereocenters. The van der Waals surface area contributed by atoms with E-state index in [1.165, 1.54) is 24.3 Å². The van der Waals surface area contributed by atoms with Gasteiger partial charge in [-0.2, -0.15) is 0 Å². The molecule has 2 aromatic carbocycles. The number of aliphatic hydroxyl groups excluding tert-OH is 1. The number of aliphatic hydroxyl groups is 1. The van der Waals surface area contributed by atoms with Crippen LogP contribution in [0.3, 0.4) is 0 Å². The first-order valence-corrected chi connectivity index (χ1v) is 8.61. The zero-order valence-corrected chi connectivity index (χ0v) is 15.0. The molecule has 2 aromatic rings. The van der Waals surface area contributed by atoms with Crippen LogP contribution in [0.5, 0.6) is 0 Å². The van der Waals surface area contributed by atoms with Crippen molar-refractivity contribution < 1.29 is 29.5 Å². The molecule has 1 amide bonds. The van der Waals surface area contributed by atoms with Gasteiger partial charge in [-0.15, -0.1) is 0 Å². The van der Waals surface area contributed by atoms with E-state index in [4.69, 9.17) is 5.11 Å². The van der Waals surface area contributed by atoms with Crippen molar-refractivity contribution in [3.8, 4) is 0 Å². The highest BCUT2D eigenvalue weighted by Gasteiger charge is 2.46. The third-order valence-corrected chi connectivity index (χ3v) is 4.55. The Bertz CT molecular complexity index is 1030. The summed E-state index contributed by atoms with van der Waals surface area (Å²) in [7, 11) is 0. The quantitative estimate of drug-likeness (QED) is 0.251. The number of benzene rings is 2. The van der Waals surface area contributed by atoms with Crippen molar-refractivity contribution in [2.75, 3.05) is 6.54 Å². The molecule has 1 aliphatic heterocycles. The lowest BCUT2D eigenvalue weighted by molar-refractivity contribution is -0.384. The molecule has 0 radical (unpaired) electrons. The molecule has 2 N–H and O–H groups in total. The Hall–Kier alpha value is -4.01. The number of nitrogens with zero attached hydrogens (tertiary/aromatic N) is 2. The van der Waals surface area contributed by atoms with Gasteiger partial charge < -0.3 is 15.1 Å². The van der Waals surface area contributed by atoms with E-state index in [1.807, 2.05) is 0 Å². The molecule has 148 valence electrons. The highest BCUT2D eigenvalue weighted by molar-refractivity contribution is 6.46. The summed E-state index contributed by atoms with van der Waals surface area (Å²) in [6.07, 6.45) is -0.427. The molecule has 3 rings (SSSR count). The van der Waals surface area contributed by atoms with Crippen LogP contribution in [-0.2, 0) is 14.4 Å². The summed E-state index contributed by atoms with van der Waals surface area (Å²) in [5.41, 5.74) is 0.0126. The number of hydrogen-bond donors (Lipinski definition) is 2. The summed E-state index contributed by atoms with van der Waals surface area (Å²) in [5.74, 6) is -3.56. The van der Waals surface area contributed by atoms with E-state index in [0.717, 1.165) is 4.90 Å². The monoisotopic (exact) mass is 396 g/mol. The Morgan fingerprint density at radius 1 is 1.07 bits per heavy atom. The number of nitro benzene ring substituents is 1. The number of rotatable bonds is 6. The number of carbonyl (C=O) groups is 3. The summed E-state index contributed by atoms with van der Waals surface area (Å²) in [6, 6.07) is 12.3. The molecule has 0 spiro atoms. The Kier molecular flexibility index (Phi) is 5.40. The molecular formula is C20H16N2O7. The van der Waals surface area contributed by atoms with Gasteiger partial charge in [0, 0.05) is 24.2 Å². The molecule has 9 heteroatoms. The Morgan fingerprint density at radius 2 is 1.76 bits per heavy atom. The first-order valence-electron chi connectivity index (χ1n) is 8.61. The zero-order chi connectivity index (χ0) is 21.1. The molecule has 9 nitrogen and oxygen atoms in total. The van der Waals surface area contributed by atoms with Crippen molar-refractivity contribution in [3.05, 3.63) is 81.4 Å². The number of carbonyl (C=O) groups excluding carboxylic acids is 2. The lowest BCUT2D eigenvalue weighted by Gasteiger charge is -2.24. The third-order valence-electron chi connectivity index (χ3n) is 4.55. The van der Waals surface area contributed by atoms with Crippen LogP contribution in [-0.4, -0.2) is 44.2 Å². The summed E-state index contributed by atoms with van der Waals surface area (Å²) >= 11 is 0. The van der Waals surface area contributed by atoms with Crippen molar-refractivity contribution >= 4 is 29.1 Å². The second-order valence-corrected chi connectivity index (χ2v) is 6.35. The molecule has 1 heterocycles. The number of nitro groups is 1. The SMILES string of the molecule is O=C(O)CCN1C(=O)C(=O)/C(=C(\O)c2ccccc2)C1c1cccc([N+](=O)[O-])c1. The number of amides is 1. The van der Waals surface area contributed by atoms with Crippen molar-refractivity contribution in [3.63, 3.8) is 0 Å². The van der Waals surface area contributed by atoms with Gasteiger partial charge in [-0.3, -0.25) is 24.5 Å². The highest BCUT2D eigenvalue weighted by Crippen LogP contribution is 2.40. The molecule has 1 aliphatic rings. The smallest absolute Gasteiger partial charge is 0.305 e. The first kappa shape index (κ1) is 19.7. The van der Waals surface area contributed by atoms with Crippen molar-refractivity contribution in [2.24, 2.45) is 0 Å². The Balaban J connectivity index is 2.18. The normalized spacial score (nSPS) is 18.1. The fraction of sp³-hybridized carbons (Fsp3) is 0.150. The largest absolute Gasteiger partial charge is 0.507 e. The van der Waals surface area contributed by atoms with Gasteiger partial charge in [0.1, 0.15) is 5.76 Å². The molecule has 1 fully saturated rings. The van der Waals surface area contributed by atoms with E-state index in [1.54, 1.807) is 30.3 Å². The van der Waals surface area contributed by atoms with Gasteiger partial charge in [0.25, 0.3) is 17.4 Å². The number of ketones is 1. The minimum atomic E-state index is -1.17. The lowest BCUT2D eigenvalue weighted by Crippen LogP contribution is -2.31. The molecule has 0 saturated carbocycles. The van der Waals surface area contributed by atoms with Crippen LogP contribution in [0.4, 0.5) is 5.69 Å². The average molecular weight is 396 g/mol. The fourth-order valence-corrected chi connectivity index (χ4v) is 3.23. The molecule has 1 saturated heterocycles. The molecule has 29 heavy (non-hydrogen) atoms. The van der Waals surface area contributed by atoms with Gasteiger partial charge >= 0.3 is 5.97 Å². The van der Waals surface area contributed by atoms with Gasteiger partial charge in [-0.05, 0) is 5.56 Å². The predicted octanol–water partition coefficient (Wildman–Crippen LogP) is 2.49. The van der Waals surface area contributed by atoms with Crippen molar-refractivity contribution in [1.82, 2.24) is 4.90 Å². The van der Waals surface area contributed by atoms with Crippen molar-refractivity contribution in [2.45, 2.75) is 12.5 Å². The molecule has 1 atom stereocenters. The summed E-state index contributed by atoms with van der Waals surface area (Å²) in [5, 5.41) is 30.9. The average Bonchev–Trinajstić information content (AvgIpc) is 2.97. The molecule has 0 aromatic heterocycles. The number of likely N-dealkylation sites (tertiary alicyclic amines) is 1. The minimum absolute atomic E-state index is 0.223. The maximum absolute atomic E-state index is 12.7. The third kappa shape index (κ3) is 3.84. The number of Topliss-reactive ketones (excluding diaryl/α,β-unsaturated/α-hetero) is 1. The summed E-state index contributed by atoms with van der Waals surface area (Å²) < 4.78 is 0. The van der Waals surface area contributed by atoms with Gasteiger partial charge in [0.15, 0.2) is 0 Å². The maximum Gasteiger partial charge on any atom is 0.305 e. The number of hydrogen-bond acceptors (Lipinski definition) is 6. The standard InChI is InChI=1S/C20H16N2O7/c23-15(24)9-10-21-17(13-7-4-8-14(11-13)22(28)29)16(19(26)20(21)27)18(25)12-5-2-1-3-6-12/h1-8,11,17,25H,9-10H2,(H,23,24)/b18-16-. The second kappa shape index (κ2) is 7.93. The number of non-ortho nitro benzene ring substituents is 1. The van der Waals surface area contributed by atoms with Crippen LogP contribution in [0.2, 0.25) is 0 Å². The van der Waals surface area contributed by atoms with Crippen LogP contribution in [0.1, 0.15) is 23.6 Å². The van der Waals surface area contributed by atoms with Crippen LogP contribution >= 0.6 is 0 Å². The van der Waals surface area contributed by atoms with Gasteiger partial charge in [-0.1, -0.05) is 42.5 Å². The number of carboxylic acid groups (broad SMARTS) is 1. The van der Waals surface area contributed by atoms with E-state index >= 15 is 0 Å². The molecule has 0 aliphatic carbocycles. The fourth-order valence-electron chi connectivity index (χ4n) is 3.23. The molecule has 0 bridgehead atoms. The van der Waals surface area contributed by atoms with Crippen LogP contribution in [0.15, 0.2) is 60.2 Å². The van der Waals surface area contributed by atoms with E-state index in [9.17, 15) is 29.6 Å². The topological polar surface area (TPSA) is 138 Å². The van der Waals surface area contributed by atoms with Gasteiger partial charge in [0.2, 0.25) is 0 Å². The number of aliphatic carboxylic acids is 1. The van der Waals surface area contributed by atoms with Crippen LogP contribution in [0.25, 0.3) is 5.76 Å². The zero-order valence-electron chi connectivity index (χ0n) is 15.0. The van der Waals surface area contributed by atoms with E-state index in [2.05, 4.69) is 0 Å². The van der Waals surface area contributed by atoms with E-state index in [0.29, 0.717) is 5.56 Å². The maximum atomic E-state index is 12.7. The molecular weight excluding hydrogens is 380 g/mol. The second-order valence-electron chi connectivity index (χ2n) is 6.35. The number of carboxylic acids is 1. The predicted molar refractivity (Wildman–Crippen MR) is 101 cm³/mol. The Morgan fingerprint density at radius 3 is 2.38 bits per heavy atom. The van der Waals surface area contributed by atoms with Crippen LogP contribution in [0, 0.1) is 10.1 Å². The lowest BCUT2D eigenvalue weighted by atomic mass is 9.95. The van der Waals surface area contributed by atoms with Crippen LogP contribution < -0.4 is 0 Å². The summed E-state index contributed by atoms with van der Waals surface area (Å²) in [4.78, 5) is 47.8. The first-order chi connectivity index (χ1) is 13.8.